The van der Waals surface area contributed by atoms with Crippen molar-refractivity contribution in [3.05, 3.63) is 48.0 Å². The molecule has 0 amide bonds. The first-order valence-corrected chi connectivity index (χ1v) is 7.40. The van der Waals surface area contributed by atoms with Crippen molar-refractivity contribution >= 4 is 10.8 Å². The zero-order valence-corrected chi connectivity index (χ0v) is 11.5. The van der Waals surface area contributed by atoms with E-state index < -0.39 is 0 Å². The molecule has 0 aliphatic heterocycles. The molecular weight excluding hydrogens is 232 g/mol. The minimum atomic E-state index is -0.182. The second-order valence-corrected chi connectivity index (χ2v) is 6.03. The number of benzene rings is 2. The van der Waals surface area contributed by atoms with E-state index in [1.165, 1.54) is 35.6 Å². The van der Waals surface area contributed by atoms with Crippen molar-refractivity contribution in [2.45, 2.75) is 38.7 Å². The van der Waals surface area contributed by atoms with Crippen LogP contribution in [0.1, 0.15) is 31.7 Å². The van der Waals surface area contributed by atoms with Crippen LogP contribution in [0, 0.1) is 11.8 Å². The normalized spacial score (nSPS) is 24.7. The van der Waals surface area contributed by atoms with Crippen LogP contribution in [0.4, 0.5) is 0 Å². The first-order chi connectivity index (χ1) is 9.24. The van der Waals surface area contributed by atoms with Gasteiger partial charge < -0.3 is 5.11 Å². The summed E-state index contributed by atoms with van der Waals surface area (Å²) in [5.74, 6) is 1.17. The molecule has 0 bridgehead atoms. The van der Waals surface area contributed by atoms with E-state index in [1.807, 2.05) is 0 Å². The first kappa shape index (κ1) is 12.7. The van der Waals surface area contributed by atoms with Crippen molar-refractivity contribution in [2.24, 2.45) is 11.8 Å². The van der Waals surface area contributed by atoms with Gasteiger partial charge >= 0.3 is 0 Å². The second-order valence-electron chi connectivity index (χ2n) is 6.03. The Morgan fingerprint density at radius 2 is 1.89 bits per heavy atom. The Kier molecular flexibility index (Phi) is 3.56. The zero-order valence-electron chi connectivity index (χ0n) is 11.5. The van der Waals surface area contributed by atoms with Crippen LogP contribution in [0.2, 0.25) is 0 Å². The molecule has 1 aliphatic rings. The lowest BCUT2D eigenvalue weighted by Gasteiger charge is -2.22. The predicted molar refractivity (Wildman–Crippen MR) is 80.2 cm³/mol. The monoisotopic (exact) mass is 254 g/mol. The number of rotatable bonds is 3. The SMILES string of the molecule is CC1CCCC1C(O)Cc1ccc2ccccc2c1. The second kappa shape index (κ2) is 5.34. The fraction of sp³-hybridized carbons (Fsp3) is 0.444. The highest BCUT2D eigenvalue weighted by molar-refractivity contribution is 5.82. The molecule has 1 heteroatoms. The maximum absolute atomic E-state index is 10.4. The molecule has 1 fully saturated rings. The maximum Gasteiger partial charge on any atom is 0.0611 e. The molecule has 19 heavy (non-hydrogen) atoms. The van der Waals surface area contributed by atoms with Crippen LogP contribution in [0.3, 0.4) is 0 Å². The van der Waals surface area contributed by atoms with Crippen LogP contribution < -0.4 is 0 Å². The Labute approximate surface area is 115 Å². The Balaban J connectivity index is 1.77. The van der Waals surface area contributed by atoms with Gasteiger partial charge in [-0.3, -0.25) is 0 Å². The molecule has 2 aromatic rings. The van der Waals surface area contributed by atoms with Gasteiger partial charge in [0.05, 0.1) is 6.10 Å². The third-order valence-electron chi connectivity index (χ3n) is 4.68. The van der Waals surface area contributed by atoms with Gasteiger partial charge in [0, 0.05) is 0 Å². The summed E-state index contributed by atoms with van der Waals surface area (Å²) in [4.78, 5) is 0. The van der Waals surface area contributed by atoms with Gasteiger partial charge in [-0.25, -0.2) is 0 Å². The standard InChI is InChI=1S/C18H22O/c1-13-5-4-8-17(13)18(19)12-14-9-10-15-6-2-3-7-16(15)11-14/h2-3,6-7,9-11,13,17-19H,4-5,8,12H2,1H3. The van der Waals surface area contributed by atoms with E-state index in [2.05, 4.69) is 49.4 Å². The number of hydrogen-bond acceptors (Lipinski definition) is 1. The fourth-order valence-electron chi connectivity index (χ4n) is 3.50. The lowest BCUT2D eigenvalue weighted by atomic mass is 9.88. The minimum Gasteiger partial charge on any atom is -0.392 e. The summed E-state index contributed by atoms with van der Waals surface area (Å²) in [6.07, 6.45) is 4.36. The smallest absolute Gasteiger partial charge is 0.0611 e. The molecule has 0 heterocycles. The van der Waals surface area contributed by atoms with Gasteiger partial charge in [0.25, 0.3) is 0 Å². The van der Waals surface area contributed by atoms with Crippen LogP contribution >= 0.6 is 0 Å². The van der Waals surface area contributed by atoms with E-state index in [0.29, 0.717) is 11.8 Å². The van der Waals surface area contributed by atoms with Crippen molar-refractivity contribution < 1.29 is 5.11 Å². The maximum atomic E-state index is 10.4. The van der Waals surface area contributed by atoms with Crippen molar-refractivity contribution in [3.63, 3.8) is 0 Å². The van der Waals surface area contributed by atoms with Crippen LogP contribution in [0.15, 0.2) is 42.5 Å². The van der Waals surface area contributed by atoms with Crippen LogP contribution in [-0.2, 0) is 6.42 Å². The van der Waals surface area contributed by atoms with Gasteiger partial charge in [0.2, 0.25) is 0 Å². The Bertz CT molecular complexity index is 560. The minimum absolute atomic E-state index is 0.182. The molecular formula is C18H22O. The summed E-state index contributed by atoms with van der Waals surface area (Å²) < 4.78 is 0. The molecule has 2 aromatic carbocycles. The summed E-state index contributed by atoms with van der Waals surface area (Å²) in [6.45, 7) is 2.28. The summed E-state index contributed by atoms with van der Waals surface area (Å²) >= 11 is 0. The fourth-order valence-corrected chi connectivity index (χ4v) is 3.50. The molecule has 1 N–H and O–H groups in total. The highest BCUT2D eigenvalue weighted by Gasteiger charge is 2.29. The molecule has 3 rings (SSSR count). The highest BCUT2D eigenvalue weighted by Crippen LogP contribution is 2.34. The Morgan fingerprint density at radius 1 is 1.11 bits per heavy atom. The first-order valence-electron chi connectivity index (χ1n) is 7.40. The summed E-state index contributed by atoms with van der Waals surface area (Å²) in [7, 11) is 0. The molecule has 0 saturated heterocycles. The van der Waals surface area contributed by atoms with Gasteiger partial charge in [-0.1, -0.05) is 62.2 Å². The third kappa shape index (κ3) is 2.66. The highest BCUT2D eigenvalue weighted by atomic mass is 16.3. The Morgan fingerprint density at radius 3 is 2.63 bits per heavy atom. The van der Waals surface area contributed by atoms with Crippen molar-refractivity contribution in [1.29, 1.82) is 0 Å². The Hall–Kier alpha value is -1.34. The van der Waals surface area contributed by atoms with Crippen molar-refractivity contribution in [2.75, 3.05) is 0 Å². The zero-order chi connectivity index (χ0) is 13.2. The predicted octanol–water partition coefficient (Wildman–Crippen LogP) is 4.18. The quantitative estimate of drug-likeness (QED) is 0.871. The van der Waals surface area contributed by atoms with Crippen LogP contribution in [-0.4, -0.2) is 11.2 Å². The average molecular weight is 254 g/mol. The molecule has 0 aromatic heterocycles. The topological polar surface area (TPSA) is 20.2 Å². The molecule has 3 unspecified atom stereocenters. The van der Waals surface area contributed by atoms with Crippen LogP contribution in [0.5, 0.6) is 0 Å². The summed E-state index contributed by atoms with van der Waals surface area (Å²) in [5.41, 5.74) is 1.25. The lowest BCUT2D eigenvalue weighted by molar-refractivity contribution is 0.0902. The van der Waals surface area contributed by atoms with Gasteiger partial charge in [0.1, 0.15) is 0 Å². The van der Waals surface area contributed by atoms with E-state index in [1.54, 1.807) is 0 Å². The van der Waals surface area contributed by atoms with E-state index in [-0.39, 0.29) is 6.10 Å². The van der Waals surface area contributed by atoms with Crippen molar-refractivity contribution in [3.8, 4) is 0 Å². The lowest BCUT2D eigenvalue weighted by Crippen LogP contribution is -2.24. The van der Waals surface area contributed by atoms with Gasteiger partial charge in [-0.15, -0.1) is 0 Å². The van der Waals surface area contributed by atoms with E-state index in [0.717, 1.165) is 6.42 Å². The van der Waals surface area contributed by atoms with Crippen LogP contribution in [0.25, 0.3) is 10.8 Å². The molecule has 100 valence electrons. The van der Waals surface area contributed by atoms with Gasteiger partial charge in [-0.2, -0.15) is 0 Å². The molecule has 1 aliphatic carbocycles. The van der Waals surface area contributed by atoms with E-state index in [9.17, 15) is 5.11 Å². The number of aliphatic hydroxyl groups excluding tert-OH is 1. The van der Waals surface area contributed by atoms with E-state index in [4.69, 9.17) is 0 Å². The van der Waals surface area contributed by atoms with Gasteiger partial charge in [0.15, 0.2) is 0 Å². The van der Waals surface area contributed by atoms with E-state index >= 15 is 0 Å². The van der Waals surface area contributed by atoms with Gasteiger partial charge in [-0.05, 0) is 41.0 Å². The number of hydrogen-bond donors (Lipinski definition) is 1. The number of fused-ring (bicyclic) bond motifs is 1. The molecule has 0 spiro atoms. The molecule has 3 atom stereocenters. The molecule has 0 radical (unpaired) electrons. The molecule has 1 saturated carbocycles. The largest absolute Gasteiger partial charge is 0.392 e. The van der Waals surface area contributed by atoms with Crippen molar-refractivity contribution in [1.82, 2.24) is 0 Å². The molecule has 1 nitrogen and oxygen atoms in total. The summed E-state index contributed by atoms with van der Waals surface area (Å²) in [6, 6.07) is 15.0. The third-order valence-corrected chi connectivity index (χ3v) is 4.68. The number of aliphatic hydroxyl groups is 1. The average Bonchev–Trinajstić information content (AvgIpc) is 2.85. The summed E-state index contributed by atoms with van der Waals surface area (Å²) in [5, 5.41) is 13.0.